The SMILES string of the molecule is Cc1ccc(CNC(=O)C2C3CCC(C3)C2N)c(OCC2CC2)c1. The van der Waals surface area contributed by atoms with Gasteiger partial charge < -0.3 is 15.8 Å². The number of carbonyl (C=O) groups is 1. The number of amides is 1. The molecule has 1 aromatic carbocycles. The first-order valence-corrected chi connectivity index (χ1v) is 9.37. The van der Waals surface area contributed by atoms with E-state index in [0.29, 0.717) is 18.4 Å². The Morgan fingerprint density at radius 3 is 2.75 bits per heavy atom. The molecule has 1 aromatic rings. The van der Waals surface area contributed by atoms with E-state index in [1.165, 1.54) is 24.8 Å². The zero-order chi connectivity index (χ0) is 16.7. The van der Waals surface area contributed by atoms with Crippen molar-refractivity contribution in [3.63, 3.8) is 0 Å². The van der Waals surface area contributed by atoms with Crippen molar-refractivity contribution in [1.82, 2.24) is 5.32 Å². The second-order valence-corrected chi connectivity index (χ2v) is 8.02. The molecular weight excluding hydrogens is 300 g/mol. The summed E-state index contributed by atoms with van der Waals surface area (Å²) in [4.78, 5) is 12.6. The Hall–Kier alpha value is -1.55. The zero-order valence-electron chi connectivity index (χ0n) is 14.5. The summed E-state index contributed by atoms with van der Waals surface area (Å²) in [7, 11) is 0. The lowest BCUT2D eigenvalue weighted by atomic mass is 9.84. The van der Waals surface area contributed by atoms with Crippen LogP contribution < -0.4 is 15.8 Å². The molecule has 3 N–H and O–H groups in total. The van der Waals surface area contributed by atoms with Crippen LogP contribution in [-0.2, 0) is 11.3 Å². The average Bonchev–Trinajstić information content (AvgIpc) is 3.19. The minimum absolute atomic E-state index is 0.00466. The maximum Gasteiger partial charge on any atom is 0.225 e. The quantitative estimate of drug-likeness (QED) is 0.844. The van der Waals surface area contributed by atoms with Gasteiger partial charge in [0.05, 0.1) is 12.5 Å². The van der Waals surface area contributed by atoms with E-state index in [1.54, 1.807) is 0 Å². The van der Waals surface area contributed by atoms with Crippen molar-refractivity contribution in [1.29, 1.82) is 0 Å². The van der Waals surface area contributed by atoms with Crippen molar-refractivity contribution >= 4 is 5.91 Å². The number of rotatable bonds is 6. The third-order valence-electron chi connectivity index (χ3n) is 6.13. The third-order valence-corrected chi connectivity index (χ3v) is 6.13. The number of carbonyl (C=O) groups excluding carboxylic acids is 1. The van der Waals surface area contributed by atoms with Crippen LogP contribution in [0.5, 0.6) is 5.75 Å². The highest BCUT2D eigenvalue weighted by atomic mass is 16.5. The lowest BCUT2D eigenvalue weighted by Gasteiger charge is -2.27. The molecule has 0 spiro atoms. The van der Waals surface area contributed by atoms with Crippen LogP contribution in [0.25, 0.3) is 0 Å². The van der Waals surface area contributed by atoms with Gasteiger partial charge in [-0.3, -0.25) is 4.79 Å². The molecule has 4 nitrogen and oxygen atoms in total. The fraction of sp³-hybridized carbons (Fsp3) is 0.650. The summed E-state index contributed by atoms with van der Waals surface area (Å²) in [5, 5.41) is 3.12. The van der Waals surface area contributed by atoms with E-state index in [4.69, 9.17) is 10.5 Å². The predicted molar refractivity (Wildman–Crippen MR) is 93.5 cm³/mol. The monoisotopic (exact) mass is 328 g/mol. The molecule has 0 aliphatic heterocycles. The second kappa shape index (κ2) is 6.40. The van der Waals surface area contributed by atoms with E-state index in [2.05, 4.69) is 30.4 Å². The van der Waals surface area contributed by atoms with Crippen molar-refractivity contribution < 1.29 is 9.53 Å². The van der Waals surface area contributed by atoms with Crippen molar-refractivity contribution in [2.45, 2.75) is 51.6 Å². The standard InChI is InChI=1S/C20H28N2O2/c1-12-2-5-16(17(8-12)24-11-13-3-4-13)10-22-20(23)18-14-6-7-15(9-14)19(18)21/h2,5,8,13-15,18-19H,3-4,6-7,9-11,21H2,1H3,(H,22,23). The van der Waals surface area contributed by atoms with Crippen molar-refractivity contribution in [3.8, 4) is 5.75 Å². The van der Waals surface area contributed by atoms with Crippen LogP contribution in [0.15, 0.2) is 18.2 Å². The molecule has 2 bridgehead atoms. The summed E-state index contributed by atoms with van der Waals surface area (Å²) in [6, 6.07) is 6.27. The lowest BCUT2D eigenvalue weighted by Crippen LogP contribution is -2.45. The molecule has 3 aliphatic rings. The number of nitrogens with two attached hydrogens (primary N) is 1. The second-order valence-electron chi connectivity index (χ2n) is 8.02. The summed E-state index contributed by atoms with van der Waals surface area (Å²) >= 11 is 0. The van der Waals surface area contributed by atoms with E-state index < -0.39 is 0 Å². The molecule has 3 fully saturated rings. The molecular formula is C20H28N2O2. The summed E-state index contributed by atoms with van der Waals surface area (Å²) in [5.74, 6) is 2.82. The number of benzene rings is 1. The fourth-order valence-corrected chi connectivity index (χ4v) is 4.46. The van der Waals surface area contributed by atoms with Crippen LogP contribution in [0.1, 0.15) is 43.2 Å². The summed E-state index contributed by atoms with van der Waals surface area (Å²) in [6.45, 7) is 3.39. The van der Waals surface area contributed by atoms with Gasteiger partial charge in [0.25, 0.3) is 0 Å². The van der Waals surface area contributed by atoms with Gasteiger partial charge in [-0.1, -0.05) is 12.1 Å². The van der Waals surface area contributed by atoms with Gasteiger partial charge in [-0.05, 0) is 68.4 Å². The van der Waals surface area contributed by atoms with Crippen LogP contribution in [0.2, 0.25) is 0 Å². The van der Waals surface area contributed by atoms with Gasteiger partial charge >= 0.3 is 0 Å². The van der Waals surface area contributed by atoms with Crippen molar-refractivity contribution in [2.24, 2.45) is 29.4 Å². The number of ether oxygens (including phenoxy) is 1. The number of nitrogens with one attached hydrogen (secondary N) is 1. The van der Waals surface area contributed by atoms with Crippen LogP contribution in [-0.4, -0.2) is 18.6 Å². The van der Waals surface area contributed by atoms with Gasteiger partial charge in [-0.2, -0.15) is 0 Å². The molecule has 130 valence electrons. The van der Waals surface area contributed by atoms with Gasteiger partial charge in [0, 0.05) is 18.2 Å². The van der Waals surface area contributed by atoms with Crippen molar-refractivity contribution in [2.75, 3.05) is 6.61 Å². The van der Waals surface area contributed by atoms with Gasteiger partial charge in [-0.15, -0.1) is 0 Å². The Morgan fingerprint density at radius 2 is 2.04 bits per heavy atom. The summed E-state index contributed by atoms with van der Waals surface area (Å²) < 4.78 is 5.99. The molecule has 24 heavy (non-hydrogen) atoms. The van der Waals surface area contributed by atoms with Gasteiger partial charge in [-0.25, -0.2) is 0 Å². The number of aryl methyl sites for hydroxylation is 1. The Bertz CT molecular complexity index is 624. The van der Waals surface area contributed by atoms with Crippen LogP contribution in [0, 0.1) is 30.6 Å². The fourth-order valence-electron chi connectivity index (χ4n) is 4.46. The van der Waals surface area contributed by atoms with E-state index in [0.717, 1.165) is 36.7 Å². The number of hydrogen-bond donors (Lipinski definition) is 2. The topological polar surface area (TPSA) is 64.4 Å². The first-order valence-electron chi connectivity index (χ1n) is 9.37. The molecule has 4 unspecified atom stereocenters. The van der Waals surface area contributed by atoms with Crippen LogP contribution in [0.4, 0.5) is 0 Å². The molecule has 4 heteroatoms. The molecule has 1 amide bonds. The molecule has 0 radical (unpaired) electrons. The molecule has 0 aromatic heterocycles. The van der Waals surface area contributed by atoms with E-state index in [9.17, 15) is 4.79 Å². The molecule has 0 heterocycles. The van der Waals surface area contributed by atoms with Gasteiger partial charge in [0.1, 0.15) is 5.75 Å². The van der Waals surface area contributed by atoms with E-state index >= 15 is 0 Å². The first-order chi connectivity index (χ1) is 11.6. The van der Waals surface area contributed by atoms with E-state index in [-0.39, 0.29) is 17.9 Å². The summed E-state index contributed by atoms with van der Waals surface area (Å²) in [6.07, 6.45) is 6.06. The molecule has 3 aliphatic carbocycles. The largest absolute Gasteiger partial charge is 0.493 e. The normalized spacial score (nSPS) is 31.2. The highest BCUT2D eigenvalue weighted by Crippen LogP contribution is 2.47. The zero-order valence-corrected chi connectivity index (χ0v) is 14.5. The minimum atomic E-state index is 0.00466. The Labute approximate surface area is 144 Å². The first kappa shape index (κ1) is 15.9. The maximum atomic E-state index is 12.6. The van der Waals surface area contributed by atoms with Gasteiger partial charge in [0.15, 0.2) is 0 Å². The third kappa shape index (κ3) is 3.16. The molecule has 0 saturated heterocycles. The maximum absolute atomic E-state index is 12.6. The van der Waals surface area contributed by atoms with E-state index in [1.807, 2.05) is 0 Å². The molecule has 3 saturated carbocycles. The average molecular weight is 328 g/mol. The van der Waals surface area contributed by atoms with Crippen LogP contribution in [0.3, 0.4) is 0 Å². The smallest absolute Gasteiger partial charge is 0.225 e. The highest BCUT2D eigenvalue weighted by Gasteiger charge is 2.48. The molecule has 4 atom stereocenters. The molecule has 4 rings (SSSR count). The highest BCUT2D eigenvalue weighted by molar-refractivity contribution is 5.80. The lowest BCUT2D eigenvalue weighted by molar-refractivity contribution is -0.127. The van der Waals surface area contributed by atoms with Gasteiger partial charge in [0.2, 0.25) is 5.91 Å². The Morgan fingerprint density at radius 1 is 1.25 bits per heavy atom. The van der Waals surface area contributed by atoms with Crippen LogP contribution >= 0.6 is 0 Å². The predicted octanol–water partition coefficient (Wildman–Crippen LogP) is 2.77. The minimum Gasteiger partial charge on any atom is -0.493 e. The van der Waals surface area contributed by atoms with Crippen molar-refractivity contribution in [3.05, 3.63) is 29.3 Å². The number of fused-ring (bicyclic) bond motifs is 2. The number of hydrogen-bond acceptors (Lipinski definition) is 3. The Balaban J connectivity index is 1.39. The Kier molecular flexibility index (Phi) is 4.25. The summed E-state index contributed by atoms with van der Waals surface area (Å²) in [5.41, 5.74) is 8.53.